The first kappa shape index (κ1) is 34.5. The number of aromatic nitrogens is 3. The van der Waals surface area contributed by atoms with Crippen LogP contribution in [-0.4, -0.2) is 103 Å². The van der Waals surface area contributed by atoms with Gasteiger partial charge in [0.25, 0.3) is 5.91 Å². The first-order chi connectivity index (χ1) is 22.7. The molecule has 0 unspecified atom stereocenters. The molecule has 4 aliphatic heterocycles. The van der Waals surface area contributed by atoms with E-state index in [1.807, 2.05) is 31.7 Å². The van der Waals surface area contributed by atoms with E-state index in [2.05, 4.69) is 31.6 Å². The highest BCUT2D eigenvalue weighted by Crippen LogP contribution is 2.33. The molecule has 3 saturated heterocycles. The van der Waals surface area contributed by atoms with Crippen LogP contribution in [0.5, 0.6) is 0 Å². The van der Waals surface area contributed by atoms with Gasteiger partial charge in [-0.15, -0.1) is 5.10 Å². The van der Waals surface area contributed by atoms with E-state index in [0.29, 0.717) is 43.4 Å². The number of aryl methyl sites for hydroxylation is 1. The minimum absolute atomic E-state index is 0.0668. The molecule has 0 spiro atoms. The fourth-order valence-electron chi connectivity index (χ4n) is 6.47. The number of carbonyl (C=O) groups is 5. The Morgan fingerprint density at radius 2 is 1.94 bits per heavy atom. The highest BCUT2D eigenvalue weighted by atomic mass is 32.2. The van der Waals surface area contributed by atoms with Crippen LogP contribution < -0.4 is 21.3 Å². The highest BCUT2D eigenvalue weighted by Gasteiger charge is 2.47. The lowest BCUT2D eigenvalue weighted by Gasteiger charge is -2.26. The Hall–Kier alpha value is -3.88. The van der Waals surface area contributed by atoms with Crippen LogP contribution >= 0.6 is 11.8 Å². The van der Waals surface area contributed by atoms with Gasteiger partial charge in [-0.05, 0) is 44.4 Å². The van der Waals surface area contributed by atoms with Crippen LogP contribution in [0.25, 0.3) is 0 Å². The van der Waals surface area contributed by atoms with Crippen molar-refractivity contribution >= 4 is 41.5 Å². The molecule has 256 valence electrons. The van der Waals surface area contributed by atoms with Gasteiger partial charge in [-0.25, -0.2) is 9.59 Å². The smallest absolute Gasteiger partial charge is 0.328 e. The van der Waals surface area contributed by atoms with E-state index >= 15 is 0 Å². The molecule has 0 radical (unpaired) electrons. The number of carbonyl (C=O) groups excluding carboxylic acids is 5. The van der Waals surface area contributed by atoms with Crippen molar-refractivity contribution in [2.24, 2.45) is 5.92 Å². The zero-order valence-corrected chi connectivity index (χ0v) is 28.0. The van der Waals surface area contributed by atoms with Crippen molar-refractivity contribution < 1.29 is 24.0 Å². The summed E-state index contributed by atoms with van der Waals surface area (Å²) in [6, 6.07) is -1.33. The van der Waals surface area contributed by atoms with Gasteiger partial charge >= 0.3 is 12.1 Å². The standard InChI is InChI=1S/C32H47N9O5S/c1-21(2)24-13-14-28(43)34-16-8-6-10-25-30(44)41(24)32(46)40(25)19-22-18-39(38-37-22)17-9-3-7-15-33-27(42)12-5-4-11-26-29-23(20-47-26)35-31(45)36-29/h6,10,13-14,18,21,23-26,29H,3-5,7-9,11-12,15-17,19-20H2,1-2H3,(H,33,42)(H,34,43)(H2,35,36,45)/b10-6-,14-13+/t23-,24+,25-,26-,29-/m0/s1. The minimum Gasteiger partial charge on any atom is -0.356 e. The maximum Gasteiger partial charge on any atom is 0.328 e. The number of urea groups is 2. The van der Waals surface area contributed by atoms with Crippen molar-refractivity contribution in [3.8, 4) is 0 Å². The molecule has 4 N–H and O–H groups in total. The molecule has 7 amide bonds. The van der Waals surface area contributed by atoms with Crippen molar-refractivity contribution in [1.29, 1.82) is 0 Å². The van der Waals surface area contributed by atoms with E-state index in [4.69, 9.17) is 0 Å². The Balaban J connectivity index is 1.01. The van der Waals surface area contributed by atoms with E-state index in [1.165, 1.54) is 15.9 Å². The number of nitrogens with zero attached hydrogens (tertiary/aromatic N) is 5. The van der Waals surface area contributed by atoms with E-state index in [1.54, 1.807) is 23.0 Å². The summed E-state index contributed by atoms with van der Waals surface area (Å²) in [5, 5.41) is 20.7. The predicted molar refractivity (Wildman–Crippen MR) is 177 cm³/mol. The van der Waals surface area contributed by atoms with E-state index in [-0.39, 0.29) is 48.3 Å². The zero-order valence-electron chi connectivity index (χ0n) is 27.2. The van der Waals surface area contributed by atoms with Gasteiger partial charge < -0.3 is 26.2 Å². The Bertz CT molecular complexity index is 1360. The molecule has 0 aliphatic carbocycles. The molecular weight excluding hydrogens is 622 g/mol. The number of hydrogen-bond acceptors (Lipinski definition) is 8. The van der Waals surface area contributed by atoms with Crippen molar-refractivity contribution in [3.63, 3.8) is 0 Å². The number of unbranched alkanes of at least 4 members (excludes halogenated alkanes) is 3. The van der Waals surface area contributed by atoms with Gasteiger partial charge in [-0.2, -0.15) is 11.8 Å². The van der Waals surface area contributed by atoms with E-state index in [9.17, 15) is 24.0 Å². The van der Waals surface area contributed by atoms with Crippen LogP contribution in [0.1, 0.15) is 70.9 Å². The molecule has 1 aromatic rings. The van der Waals surface area contributed by atoms with Gasteiger partial charge in [0, 0.05) is 43.1 Å². The molecule has 1 aromatic heterocycles. The monoisotopic (exact) mass is 669 g/mol. The average Bonchev–Trinajstić information content (AvgIpc) is 3.78. The molecule has 0 aromatic carbocycles. The van der Waals surface area contributed by atoms with Crippen LogP contribution in [0, 0.1) is 5.92 Å². The molecule has 14 nitrogen and oxygen atoms in total. The summed E-state index contributed by atoms with van der Waals surface area (Å²) >= 11 is 1.90. The molecule has 4 aliphatic rings. The lowest BCUT2D eigenvalue weighted by atomic mass is 10.0. The lowest BCUT2D eigenvalue weighted by molar-refractivity contribution is -0.128. The quantitative estimate of drug-likeness (QED) is 0.101. The largest absolute Gasteiger partial charge is 0.356 e. The molecule has 5 heterocycles. The summed E-state index contributed by atoms with van der Waals surface area (Å²) in [6.45, 7) is 5.69. The number of rotatable bonds is 14. The second-order valence-electron chi connectivity index (χ2n) is 12.9. The number of thioether (sulfide) groups is 1. The molecule has 47 heavy (non-hydrogen) atoms. The Morgan fingerprint density at radius 3 is 2.77 bits per heavy atom. The third-order valence-corrected chi connectivity index (χ3v) is 10.5. The predicted octanol–water partition coefficient (Wildman–Crippen LogP) is 2.08. The maximum atomic E-state index is 13.6. The minimum atomic E-state index is -0.750. The Labute approximate surface area is 279 Å². The highest BCUT2D eigenvalue weighted by molar-refractivity contribution is 8.00. The fourth-order valence-corrected chi connectivity index (χ4v) is 8.01. The van der Waals surface area contributed by atoms with Crippen LogP contribution in [0.2, 0.25) is 0 Å². The van der Waals surface area contributed by atoms with Gasteiger partial charge in [0.05, 0.1) is 30.9 Å². The van der Waals surface area contributed by atoms with Gasteiger partial charge in [-0.3, -0.25) is 24.0 Å². The number of nitrogens with one attached hydrogen (secondary N) is 4. The van der Waals surface area contributed by atoms with Gasteiger partial charge in [-0.1, -0.05) is 43.7 Å². The first-order valence-electron chi connectivity index (χ1n) is 16.8. The van der Waals surface area contributed by atoms with Crippen LogP contribution in [0.4, 0.5) is 9.59 Å². The number of fused-ring (bicyclic) bond motifs is 3. The Morgan fingerprint density at radius 1 is 1.09 bits per heavy atom. The molecule has 2 bridgehead atoms. The molecule has 5 atom stereocenters. The molecule has 5 rings (SSSR count). The number of imide groups is 1. The SMILES string of the molecule is CC(C)[C@H]1/C=C/C(=O)NCC/C=C\[C@H]2C(=O)N1C(=O)N2Cc1cn(CCCCCNC(=O)CCCC[C@@H]2SC[C@@H]3NC(=O)N[C@@H]32)nn1. The molecular formula is C32H47N9O5S. The van der Waals surface area contributed by atoms with Gasteiger partial charge in [0.2, 0.25) is 11.8 Å². The Kier molecular flexibility index (Phi) is 11.9. The summed E-state index contributed by atoms with van der Waals surface area (Å²) in [5.74, 6) is 0.387. The number of amides is 7. The number of hydrogen-bond donors (Lipinski definition) is 4. The van der Waals surface area contributed by atoms with Crippen molar-refractivity contribution in [2.45, 2.75) is 108 Å². The second kappa shape index (κ2) is 16.3. The third-order valence-electron chi connectivity index (χ3n) is 9.02. The first-order valence-corrected chi connectivity index (χ1v) is 17.9. The van der Waals surface area contributed by atoms with Crippen molar-refractivity contribution in [1.82, 2.24) is 46.1 Å². The zero-order chi connectivity index (χ0) is 33.3. The summed E-state index contributed by atoms with van der Waals surface area (Å²) < 4.78 is 1.75. The maximum absolute atomic E-state index is 13.6. The average molecular weight is 670 g/mol. The van der Waals surface area contributed by atoms with Gasteiger partial charge in [0.1, 0.15) is 11.7 Å². The van der Waals surface area contributed by atoms with E-state index < -0.39 is 18.1 Å². The van der Waals surface area contributed by atoms with E-state index in [0.717, 1.165) is 44.3 Å². The fraction of sp³-hybridized carbons (Fsp3) is 0.656. The summed E-state index contributed by atoms with van der Waals surface area (Å²) in [5.41, 5.74) is 0.590. The van der Waals surface area contributed by atoms with Crippen LogP contribution in [-0.2, 0) is 27.5 Å². The topological polar surface area (TPSA) is 171 Å². The van der Waals surface area contributed by atoms with Crippen molar-refractivity contribution in [3.05, 3.63) is 36.2 Å². The summed E-state index contributed by atoms with van der Waals surface area (Å²) in [6.07, 6.45) is 14.9. The summed E-state index contributed by atoms with van der Waals surface area (Å²) in [4.78, 5) is 65.7. The van der Waals surface area contributed by atoms with Gasteiger partial charge in [0.15, 0.2) is 0 Å². The van der Waals surface area contributed by atoms with Crippen LogP contribution in [0.15, 0.2) is 30.5 Å². The molecule has 15 heteroatoms. The molecule has 0 saturated carbocycles. The molecule has 3 fully saturated rings. The van der Waals surface area contributed by atoms with Crippen LogP contribution in [0.3, 0.4) is 0 Å². The normalized spacial score (nSPS) is 27.2. The summed E-state index contributed by atoms with van der Waals surface area (Å²) in [7, 11) is 0. The third kappa shape index (κ3) is 8.93. The second-order valence-corrected chi connectivity index (χ2v) is 14.2. The lowest BCUT2D eigenvalue weighted by Crippen LogP contribution is -2.43. The van der Waals surface area contributed by atoms with Crippen molar-refractivity contribution in [2.75, 3.05) is 18.8 Å².